The number of nitrogens with zero attached hydrogens (tertiary/aromatic N) is 1. The van der Waals surface area contributed by atoms with Crippen LogP contribution in [0.4, 0.5) is 5.69 Å². The third kappa shape index (κ3) is 6.12. The van der Waals surface area contributed by atoms with E-state index in [1.54, 1.807) is 12.1 Å². The molecular weight excluding hydrogens is 455 g/mol. The molecule has 0 atom stereocenters. The van der Waals surface area contributed by atoms with Crippen LogP contribution in [0.3, 0.4) is 0 Å². The number of anilines is 1. The largest absolute Gasteiger partial charge is 0.465 e. The Balaban J connectivity index is 0.000000214. The van der Waals surface area contributed by atoms with E-state index >= 15 is 0 Å². The predicted octanol–water partition coefficient (Wildman–Crippen LogP) is 1.18. The number of ether oxygens (including phenoxy) is 1. The van der Waals surface area contributed by atoms with Crippen LogP contribution < -0.4 is 9.67 Å². The van der Waals surface area contributed by atoms with Gasteiger partial charge in [0.1, 0.15) is 0 Å². The van der Waals surface area contributed by atoms with Crippen LogP contribution in [0.2, 0.25) is 0 Å². The van der Waals surface area contributed by atoms with E-state index in [-0.39, 0.29) is 11.7 Å². The van der Waals surface area contributed by atoms with Crippen molar-refractivity contribution in [3.05, 3.63) is 72.6 Å². The first kappa shape index (κ1) is 23.0. The van der Waals surface area contributed by atoms with Crippen molar-refractivity contribution >= 4 is 36.1 Å². The topological polar surface area (TPSA) is 138 Å². The molecule has 0 bridgehead atoms. The van der Waals surface area contributed by atoms with E-state index in [1.165, 1.54) is 26.2 Å². The van der Waals surface area contributed by atoms with Gasteiger partial charge in [0.25, 0.3) is 0 Å². The molecule has 0 unspecified atom stereocenters. The van der Waals surface area contributed by atoms with Gasteiger partial charge in [-0.2, -0.15) is 0 Å². The smallest absolute Gasteiger partial charge is 0.337 e. The molecule has 0 aliphatic rings. The number of amides is 1. The number of nitrogens with one attached hydrogen (secondary N) is 1. The van der Waals surface area contributed by atoms with E-state index in [0.717, 1.165) is 11.8 Å². The van der Waals surface area contributed by atoms with Crippen molar-refractivity contribution in [2.75, 3.05) is 12.4 Å². The summed E-state index contributed by atoms with van der Waals surface area (Å²) in [5.74, 6) is -1.33. The van der Waals surface area contributed by atoms with Gasteiger partial charge in [0.15, 0.2) is 0 Å². The van der Waals surface area contributed by atoms with Crippen LogP contribution in [-0.2, 0) is 13.3 Å². The summed E-state index contributed by atoms with van der Waals surface area (Å²) in [6, 6.07) is 15.0. The van der Waals surface area contributed by atoms with Gasteiger partial charge in [0.05, 0.1) is 12.7 Å². The third-order valence-electron chi connectivity index (χ3n) is 3.81. The zero-order valence-electron chi connectivity index (χ0n) is 16.2. The fourth-order valence-corrected chi connectivity index (χ4v) is 3.89. The second-order valence-electron chi connectivity index (χ2n) is 6.03. The second kappa shape index (κ2) is 9.97. The van der Waals surface area contributed by atoms with Crippen LogP contribution in [0, 0.1) is 0 Å². The number of hydrogen-bond donors (Lipinski definition) is 4. The van der Waals surface area contributed by atoms with Crippen LogP contribution in [-0.4, -0.2) is 51.0 Å². The fraction of sp³-hybridized carbons (Fsp3) is 0.100. The van der Waals surface area contributed by atoms with E-state index in [9.17, 15) is 18.4 Å². The molecule has 0 radical (unpaired) electrons. The number of carbonyl (C=O) groups is 2. The first-order valence-electron chi connectivity index (χ1n) is 8.61. The summed E-state index contributed by atoms with van der Waals surface area (Å²) in [5.41, 5.74) is 1.50. The Morgan fingerprint density at radius 3 is 2.23 bits per heavy atom. The summed E-state index contributed by atoms with van der Waals surface area (Å²) in [6.07, 6.45) is 3.85. The van der Waals surface area contributed by atoms with Crippen molar-refractivity contribution in [2.24, 2.45) is 0 Å². The molecule has 9 nitrogen and oxygen atoms in total. The number of esters is 1. The van der Waals surface area contributed by atoms with Gasteiger partial charge in [-0.1, -0.05) is 6.07 Å². The molecule has 4 N–H and O–H groups in total. The van der Waals surface area contributed by atoms with Crippen molar-refractivity contribution in [1.29, 1.82) is 0 Å². The number of carbonyl (C=O) groups excluding carboxylic acids is 2. The first-order valence-corrected chi connectivity index (χ1v) is 12.0. The molecule has 0 saturated carbocycles. The summed E-state index contributed by atoms with van der Waals surface area (Å²) in [6.45, 7) is 1.23. The maximum absolute atomic E-state index is 11.3. The Labute approximate surface area is 175 Å². The van der Waals surface area contributed by atoms with Gasteiger partial charge in [0, 0.05) is 18.1 Å². The number of aromatic nitrogens is 1. The molecular formula is C20H21AsN2O7. The molecule has 2 aromatic carbocycles. The first-order chi connectivity index (χ1) is 14.1. The Morgan fingerprint density at radius 1 is 1.03 bits per heavy atom. The van der Waals surface area contributed by atoms with Crippen LogP contribution in [0.15, 0.2) is 67.0 Å². The standard InChI is InChI=1S/C12H11NO2.C8H10AsNO5/c1-15-12(14)10-5-4-6-11(9-10)13-7-2-3-8-13;1-5(11)10-7-4-2-3-6(8(7)12)9(13,14)15/h2-9H,1H3;2-4,12H,1H3,(H,10,11)(H2,13,14,15). The van der Waals surface area contributed by atoms with Gasteiger partial charge in [-0.25, -0.2) is 4.79 Å². The maximum Gasteiger partial charge on any atom is 0.337 e. The number of aromatic hydroxyl groups is 1. The number of phenolic OH excluding ortho intramolecular Hbond substituents is 1. The molecule has 1 amide bonds. The third-order valence-corrected chi connectivity index (χ3v) is 5.88. The van der Waals surface area contributed by atoms with Crippen molar-refractivity contribution in [3.63, 3.8) is 0 Å². The number of phenols is 1. The van der Waals surface area contributed by atoms with Crippen LogP contribution in [0.1, 0.15) is 17.3 Å². The number of benzene rings is 2. The molecule has 3 aromatic rings. The molecule has 0 aliphatic carbocycles. The molecule has 0 saturated heterocycles. The number of para-hydroxylation sites is 1. The fourth-order valence-electron chi connectivity index (χ4n) is 2.47. The normalized spacial score (nSPS) is 10.5. The van der Waals surface area contributed by atoms with Gasteiger partial charge in [0.2, 0.25) is 0 Å². The Bertz CT molecular complexity index is 1070. The van der Waals surface area contributed by atoms with Gasteiger partial charge < -0.3 is 9.30 Å². The number of hydrogen-bond acceptors (Lipinski definition) is 5. The van der Waals surface area contributed by atoms with E-state index in [0.29, 0.717) is 5.56 Å². The maximum atomic E-state index is 11.3. The van der Waals surface area contributed by atoms with Gasteiger partial charge >= 0.3 is 94.1 Å². The van der Waals surface area contributed by atoms with Crippen molar-refractivity contribution in [2.45, 2.75) is 6.92 Å². The van der Waals surface area contributed by atoms with Gasteiger partial charge in [-0.05, 0) is 30.3 Å². The molecule has 0 spiro atoms. The van der Waals surface area contributed by atoms with E-state index in [1.807, 2.05) is 41.2 Å². The van der Waals surface area contributed by atoms with Gasteiger partial charge in [-0.15, -0.1) is 0 Å². The van der Waals surface area contributed by atoms with Crippen molar-refractivity contribution < 1.29 is 31.4 Å². The predicted molar refractivity (Wildman–Crippen MR) is 110 cm³/mol. The zero-order valence-corrected chi connectivity index (χ0v) is 18.1. The number of methoxy groups -OCH3 is 1. The van der Waals surface area contributed by atoms with Gasteiger partial charge in [-0.3, -0.25) is 0 Å². The Kier molecular flexibility index (Phi) is 7.65. The average Bonchev–Trinajstić information content (AvgIpc) is 3.23. The zero-order chi connectivity index (χ0) is 22.3. The van der Waals surface area contributed by atoms with Crippen molar-refractivity contribution in [3.8, 4) is 11.4 Å². The molecule has 0 fully saturated rings. The molecule has 1 aromatic heterocycles. The summed E-state index contributed by atoms with van der Waals surface area (Å²) in [4.78, 5) is 22.0. The molecule has 158 valence electrons. The molecule has 3 rings (SSSR count). The van der Waals surface area contributed by atoms with Crippen LogP contribution in [0.5, 0.6) is 5.75 Å². The minimum Gasteiger partial charge on any atom is -0.465 e. The summed E-state index contributed by atoms with van der Waals surface area (Å²) in [7, 11) is 1.38. The second-order valence-corrected chi connectivity index (χ2v) is 9.32. The minimum atomic E-state index is -5.15. The summed E-state index contributed by atoms with van der Waals surface area (Å²) >= 11 is -5.15. The van der Waals surface area contributed by atoms with E-state index < -0.39 is 30.2 Å². The Hall–Kier alpha value is -3.26. The average molecular weight is 476 g/mol. The SMILES string of the molecule is CC(=O)Nc1cccc([As](=O)(O)O)c1O.COC(=O)c1cccc(-n2cccc2)c1. The van der Waals surface area contributed by atoms with Crippen LogP contribution in [0.25, 0.3) is 5.69 Å². The quantitative estimate of drug-likeness (QED) is 0.252. The molecule has 30 heavy (non-hydrogen) atoms. The van der Waals surface area contributed by atoms with Crippen LogP contribution >= 0.6 is 0 Å². The Morgan fingerprint density at radius 2 is 1.67 bits per heavy atom. The van der Waals surface area contributed by atoms with Crippen molar-refractivity contribution in [1.82, 2.24) is 4.57 Å². The molecule has 1 heterocycles. The van der Waals surface area contributed by atoms with E-state index in [4.69, 9.17) is 8.19 Å². The summed E-state index contributed by atoms with van der Waals surface area (Å²) in [5, 5.41) is 11.7. The molecule has 10 heteroatoms. The minimum absolute atomic E-state index is 0.00951. The monoisotopic (exact) mass is 476 g/mol. The number of rotatable bonds is 4. The van der Waals surface area contributed by atoms with E-state index in [2.05, 4.69) is 10.1 Å². The summed E-state index contributed by atoms with van der Waals surface area (Å²) < 4.78 is 35.0. The molecule has 0 aliphatic heterocycles.